The Labute approximate surface area is 117 Å². The van der Waals surface area contributed by atoms with Gasteiger partial charge in [-0.2, -0.15) is 0 Å². The van der Waals surface area contributed by atoms with E-state index in [1.807, 2.05) is 0 Å². The van der Waals surface area contributed by atoms with Gasteiger partial charge in [0.15, 0.2) is 0 Å². The van der Waals surface area contributed by atoms with Crippen LogP contribution in [0.4, 0.5) is 11.4 Å². The summed E-state index contributed by atoms with van der Waals surface area (Å²) in [6, 6.07) is 4.94. The van der Waals surface area contributed by atoms with Crippen molar-refractivity contribution in [3.8, 4) is 0 Å². The number of nitrogens with two attached hydrogens (primary N) is 1. The van der Waals surface area contributed by atoms with Crippen molar-refractivity contribution in [2.75, 3.05) is 37.5 Å². The fourth-order valence-electron chi connectivity index (χ4n) is 1.85. The molecule has 104 valence electrons. The van der Waals surface area contributed by atoms with Crippen molar-refractivity contribution >= 4 is 28.9 Å². The third-order valence-electron chi connectivity index (χ3n) is 2.88. The van der Waals surface area contributed by atoms with E-state index in [4.69, 9.17) is 26.8 Å². The lowest BCUT2D eigenvalue weighted by molar-refractivity contribution is -0.121. The molecule has 0 bridgehead atoms. The minimum Gasteiger partial charge on any atom is -0.399 e. The van der Waals surface area contributed by atoms with Crippen molar-refractivity contribution in [1.82, 2.24) is 0 Å². The predicted molar refractivity (Wildman–Crippen MR) is 74.2 cm³/mol. The van der Waals surface area contributed by atoms with Crippen LogP contribution in [0.25, 0.3) is 0 Å². The van der Waals surface area contributed by atoms with E-state index in [-0.39, 0.29) is 12.5 Å². The van der Waals surface area contributed by atoms with Gasteiger partial charge in [-0.15, -0.1) is 0 Å². The summed E-state index contributed by atoms with van der Waals surface area (Å²) in [6.45, 7) is 2.05. The molecule has 19 heavy (non-hydrogen) atoms. The van der Waals surface area contributed by atoms with Gasteiger partial charge in [-0.25, -0.2) is 0 Å². The number of hydrogen-bond acceptors (Lipinski definition) is 4. The number of halogens is 1. The SMILES string of the molecule is Nc1ccc(NC(=O)COCC2CCOC2)c(Cl)c1. The van der Waals surface area contributed by atoms with Gasteiger partial charge in [-0.05, 0) is 24.6 Å². The highest BCUT2D eigenvalue weighted by Gasteiger charge is 2.16. The van der Waals surface area contributed by atoms with Gasteiger partial charge in [0.2, 0.25) is 5.91 Å². The second-order valence-corrected chi connectivity index (χ2v) is 4.94. The number of carbonyl (C=O) groups is 1. The van der Waals surface area contributed by atoms with E-state index in [1.165, 1.54) is 0 Å². The summed E-state index contributed by atoms with van der Waals surface area (Å²) in [5.74, 6) is 0.165. The molecule has 1 atom stereocenters. The van der Waals surface area contributed by atoms with Crippen molar-refractivity contribution in [2.45, 2.75) is 6.42 Å². The van der Waals surface area contributed by atoms with Crippen LogP contribution in [0.2, 0.25) is 5.02 Å². The number of amides is 1. The van der Waals surface area contributed by atoms with E-state index in [0.29, 0.717) is 35.5 Å². The highest BCUT2D eigenvalue weighted by atomic mass is 35.5. The normalized spacial score (nSPS) is 18.5. The Morgan fingerprint density at radius 1 is 1.58 bits per heavy atom. The molecule has 1 unspecified atom stereocenters. The van der Waals surface area contributed by atoms with E-state index >= 15 is 0 Å². The summed E-state index contributed by atoms with van der Waals surface area (Å²) in [6.07, 6.45) is 0.991. The molecule has 0 aliphatic carbocycles. The lowest BCUT2D eigenvalue weighted by Gasteiger charge is -2.10. The van der Waals surface area contributed by atoms with Crippen LogP contribution >= 0.6 is 11.6 Å². The van der Waals surface area contributed by atoms with Crippen molar-refractivity contribution < 1.29 is 14.3 Å². The summed E-state index contributed by atoms with van der Waals surface area (Å²) in [4.78, 5) is 11.7. The van der Waals surface area contributed by atoms with E-state index < -0.39 is 0 Å². The molecular weight excluding hydrogens is 268 g/mol. The second-order valence-electron chi connectivity index (χ2n) is 4.53. The molecule has 0 radical (unpaired) electrons. The fraction of sp³-hybridized carbons (Fsp3) is 0.462. The van der Waals surface area contributed by atoms with E-state index in [1.54, 1.807) is 18.2 Å². The van der Waals surface area contributed by atoms with Gasteiger partial charge >= 0.3 is 0 Å². The zero-order chi connectivity index (χ0) is 13.7. The molecule has 1 saturated heterocycles. The highest BCUT2D eigenvalue weighted by molar-refractivity contribution is 6.34. The molecule has 1 aromatic rings. The first-order chi connectivity index (χ1) is 9.15. The number of nitrogen functional groups attached to an aromatic ring is 1. The molecule has 1 amide bonds. The molecule has 1 heterocycles. The van der Waals surface area contributed by atoms with E-state index in [2.05, 4.69) is 5.32 Å². The third-order valence-corrected chi connectivity index (χ3v) is 3.19. The molecular formula is C13H17ClN2O3. The molecule has 0 aromatic heterocycles. The number of hydrogen-bond donors (Lipinski definition) is 2. The standard InChI is InChI=1S/C13H17ClN2O3/c14-11-5-10(15)1-2-12(11)16-13(17)8-19-7-9-3-4-18-6-9/h1-2,5,9H,3-4,6-8,15H2,(H,16,17). The Balaban J connectivity index is 1.74. The molecule has 0 spiro atoms. The zero-order valence-electron chi connectivity index (χ0n) is 10.5. The summed E-state index contributed by atoms with van der Waals surface area (Å²) in [5.41, 5.74) is 6.67. The number of carbonyl (C=O) groups excluding carboxylic acids is 1. The van der Waals surface area contributed by atoms with Crippen LogP contribution in [0.5, 0.6) is 0 Å². The quantitative estimate of drug-likeness (QED) is 0.810. The van der Waals surface area contributed by atoms with Crippen LogP contribution in [0, 0.1) is 5.92 Å². The average Bonchev–Trinajstić information content (AvgIpc) is 2.86. The summed E-state index contributed by atoms with van der Waals surface area (Å²) in [7, 11) is 0. The first-order valence-electron chi connectivity index (χ1n) is 6.15. The number of rotatable bonds is 5. The summed E-state index contributed by atoms with van der Waals surface area (Å²) in [5, 5.41) is 3.09. The molecule has 1 aromatic carbocycles. The van der Waals surface area contributed by atoms with Crippen LogP contribution in [0.3, 0.4) is 0 Å². The molecule has 1 fully saturated rings. The Morgan fingerprint density at radius 3 is 3.11 bits per heavy atom. The zero-order valence-corrected chi connectivity index (χ0v) is 11.3. The molecule has 0 saturated carbocycles. The van der Waals surface area contributed by atoms with Crippen molar-refractivity contribution in [2.24, 2.45) is 5.92 Å². The van der Waals surface area contributed by atoms with Gasteiger partial charge < -0.3 is 20.5 Å². The Kier molecular flexibility index (Phi) is 5.01. The molecule has 3 N–H and O–H groups in total. The minimum absolute atomic E-state index is 0.0111. The summed E-state index contributed by atoms with van der Waals surface area (Å²) >= 11 is 5.96. The van der Waals surface area contributed by atoms with E-state index in [0.717, 1.165) is 13.0 Å². The lowest BCUT2D eigenvalue weighted by Crippen LogP contribution is -2.21. The molecule has 1 aliphatic rings. The number of nitrogens with one attached hydrogen (secondary N) is 1. The van der Waals surface area contributed by atoms with Gasteiger partial charge in [-0.1, -0.05) is 11.6 Å². The van der Waals surface area contributed by atoms with Gasteiger partial charge in [0.05, 0.1) is 23.9 Å². The lowest BCUT2D eigenvalue weighted by atomic mass is 10.1. The minimum atomic E-state index is -0.231. The Hall–Kier alpha value is -1.30. The van der Waals surface area contributed by atoms with Gasteiger partial charge in [0.1, 0.15) is 6.61 Å². The fourth-order valence-corrected chi connectivity index (χ4v) is 2.09. The summed E-state index contributed by atoms with van der Waals surface area (Å²) < 4.78 is 10.6. The molecule has 1 aliphatic heterocycles. The van der Waals surface area contributed by atoms with Crippen molar-refractivity contribution in [3.63, 3.8) is 0 Å². The third kappa shape index (κ3) is 4.38. The Morgan fingerprint density at radius 2 is 2.42 bits per heavy atom. The topological polar surface area (TPSA) is 73.6 Å². The second kappa shape index (κ2) is 6.75. The maximum Gasteiger partial charge on any atom is 0.250 e. The number of ether oxygens (including phenoxy) is 2. The molecule has 2 rings (SSSR count). The highest BCUT2D eigenvalue weighted by Crippen LogP contribution is 2.23. The molecule has 6 heteroatoms. The van der Waals surface area contributed by atoms with Gasteiger partial charge in [-0.3, -0.25) is 4.79 Å². The van der Waals surface area contributed by atoms with Crippen LogP contribution < -0.4 is 11.1 Å². The van der Waals surface area contributed by atoms with E-state index in [9.17, 15) is 4.79 Å². The Bertz CT molecular complexity index is 448. The predicted octanol–water partition coefficient (Wildman–Crippen LogP) is 1.91. The van der Waals surface area contributed by atoms with Crippen LogP contribution in [-0.2, 0) is 14.3 Å². The number of benzene rings is 1. The van der Waals surface area contributed by atoms with Gasteiger partial charge in [0.25, 0.3) is 0 Å². The first-order valence-corrected chi connectivity index (χ1v) is 6.53. The smallest absolute Gasteiger partial charge is 0.250 e. The largest absolute Gasteiger partial charge is 0.399 e. The molecule has 5 nitrogen and oxygen atoms in total. The number of anilines is 2. The van der Waals surface area contributed by atoms with Crippen LogP contribution in [0.1, 0.15) is 6.42 Å². The van der Waals surface area contributed by atoms with Gasteiger partial charge in [0, 0.05) is 18.2 Å². The van der Waals surface area contributed by atoms with Crippen LogP contribution in [-0.4, -0.2) is 32.3 Å². The first kappa shape index (κ1) is 14.1. The monoisotopic (exact) mass is 284 g/mol. The van der Waals surface area contributed by atoms with Crippen molar-refractivity contribution in [1.29, 1.82) is 0 Å². The maximum atomic E-state index is 11.7. The van der Waals surface area contributed by atoms with Crippen molar-refractivity contribution in [3.05, 3.63) is 23.2 Å². The van der Waals surface area contributed by atoms with Crippen LogP contribution in [0.15, 0.2) is 18.2 Å². The maximum absolute atomic E-state index is 11.7. The average molecular weight is 285 g/mol.